The van der Waals surface area contributed by atoms with Gasteiger partial charge < -0.3 is 9.47 Å². The molecule has 0 aliphatic carbocycles. The van der Waals surface area contributed by atoms with Crippen molar-refractivity contribution in [3.8, 4) is 11.5 Å². The fourth-order valence-electron chi connectivity index (χ4n) is 3.04. The van der Waals surface area contributed by atoms with E-state index in [9.17, 15) is 13.2 Å². The Morgan fingerprint density at radius 2 is 1.76 bits per heavy atom. The number of nitrogens with one attached hydrogen (secondary N) is 1. The standard InChI is InChI=1S/C22H17BrClN3O5S/c23-17-11-21-20(31-14-32-21)10-15(17)12-25-26-22(28)13-27(19-9-5-4-8-18(19)24)33(29,30)16-6-2-1-3-7-16/h1-12H,13-14H2,(H,26,28)/b25-12-. The first-order valence-corrected chi connectivity index (χ1v) is 12.2. The molecule has 8 nitrogen and oxygen atoms in total. The molecule has 0 spiro atoms. The maximum absolute atomic E-state index is 13.3. The third-order valence-corrected chi connectivity index (χ3v) is 7.40. The molecule has 170 valence electrons. The van der Waals surface area contributed by atoms with Crippen LogP contribution in [-0.4, -0.2) is 33.9 Å². The third kappa shape index (κ3) is 5.13. The highest BCUT2D eigenvalue weighted by atomic mass is 79.9. The van der Waals surface area contributed by atoms with E-state index in [2.05, 4.69) is 26.5 Å². The maximum Gasteiger partial charge on any atom is 0.264 e. The maximum atomic E-state index is 13.3. The number of rotatable bonds is 7. The second-order valence-corrected chi connectivity index (χ2v) is 9.92. The molecule has 0 atom stereocenters. The minimum Gasteiger partial charge on any atom is -0.454 e. The Morgan fingerprint density at radius 3 is 2.48 bits per heavy atom. The summed E-state index contributed by atoms with van der Waals surface area (Å²) in [5, 5.41) is 4.14. The van der Waals surface area contributed by atoms with E-state index in [1.165, 1.54) is 24.4 Å². The lowest BCUT2D eigenvalue weighted by Crippen LogP contribution is -2.39. The van der Waals surface area contributed by atoms with Gasteiger partial charge in [-0.2, -0.15) is 5.10 Å². The van der Waals surface area contributed by atoms with E-state index in [-0.39, 0.29) is 22.4 Å². The molecule has 1 N–H and O–H groups in total. The van der Waals surface area contributed by atoms with Crippen LogP contribution in [0, 0.1) is 0 Å². The zero-order valence-electron chi connectivity index (χ0n) is 16.9. The molecule has 11 heteroatoms. The Morgan fingerprint density at radius 1 is 1.09 bits per heavy atom. The minimum atomic E-state index is -4.06. The topological polar surface area (TPSA) is 97.3 Å². The summed E-state index contributed by atoms with van der Waals surface area (Å²) in [5.74, 6) is 0.511. The molecule has 0 aromatic heterocycles. The fourth-order valence-corrected chi connectivity index (χ4v) is 5.22. The Balaban J connectivity index is 1.55. The first-order valence-electron chi connectivity index (χ1n) is 9.59. The predicted octanol–water partition coefficient (Wildman–Crippen LogP) is 4.18. The van der Waals surface area contributed by atoms with Gasteiger partial charge >= 0.3 is 0 Å². The second kappa shape index (κ2) is 9.82. The largest absolute Gasteiger partial charge is 0.454 e. The third-order valence-electron chi connectivity index (χ3n) is 4.62. The van der Waals surface area contributed by atoms with Crippen molar-refractivity contribution >= 4 is 55.4 Å². The van der Waals surface area contributed by atoms with E-state index in [0.717, 1.165) is 4.31 Å². The number of ether oxygens (including phenoxy) is 2. The summed E-state index contributed by atoms with van der Waals surface area (Å²) >= 11 is 9.66. The summed E-state index contributed by atoms with van der Waals surface area (Å²) in [6.45, 7) is -0.395. The van der Waals surface area contributed by atoms with Crippen LogP contribution >= 0.6 is 27.5 Å². The van der Waals surface area contributed by atoms with E-state index >= 15 is 0 Å². The number of fused-ring (bicyclic) bond motifs is 1. The highest BCUT2D eigenvalue weighted by Gasteiger charge is 2.28. The van der Waals surface area contributed by atoms with Crippen LogP contribution in [0.2, 0.25) is 5.02 Å². The van der Waals surface area contributed by atoms with Crippen molar-refractivity contribution in [2.75, 3.05) is 17.6 Å². The summed E-state index contributed by atoms with van der Waals surface area (Å²) < 4.78 is 38.8. The molecule has 3 aromatic carbocycles. The molecule has 0 bridgehead atoms. The SMILES string of the molecule is O=C(CN(c1ccccc1Cl)S(=O)(=O)c1ccccc1)N/N=C\c1cc2c(cc1Br)OCO2. The van der Waals surface area contributed by atoms with Crippen molar-refractivity contribution in [3.63, 3.8) is 0 Å². The number of carbonyl (C=O) groups is 1. The molecule has 0 radical (unpaired) electrons. The molecule has 0 unspecified atom stereocenters. The molecule has 1 aliphatic rings. The highest BCUT2D eigenvalue weighted by Crippen LogP contribution is 2.36. The van der Waals surface area contributed by atoms with Gasteiger partial charge in [-0.05, 0) is 52.3 Å². The van der Waals surface area contributed by atoms with E-state index in [1.807, 2.05) is 0 Å². The zero-order chi connectivity index (χ0) is 23.4. The van der Waals surface area contributed by atoms with Crippen molar-refractivity contribution in [2.24, 2.45) is 5.10 Å². The van der Waals surface area contributed by atoms with E-state index in [0.29, 0.717) is 21.5 Å². The van der Waals surface area contributed by atoms with Crippen LogP contribution in [0.4, 0.5) is 5.69 Å². The Bertz CT molecular complexity index is 1320. The smallest absolute Gasteiger partial charge is 0.264 e. The number of para-hydroxylation sites is 1. The van der Waals surface area contributed by atoms with Gasteiger partial charge in [0, 0.05) is 10.0 Å². The number of carbonyl (C=O) groups excluding carboxylic acids is 1. The fraction of sp³-hybridized carbons (Fsp3) is 0.0909. The number of amides is 1. The van der Waals surface area contributed by atoms with Crippen LogP contribution < -0.4 is 19.2 Å². The second-order valence-electron chi connectivity index (χ2n) is 6.80. The number of sulfonamides is 1. The summed E-state index contributed by atoms with van der Waals surface area (Å²) in [6, 6.07) is 17.6. The van der Waals surface area contributed by atoms with Gasteiger partial charge in [-0.1, -0.05) is 41.9 Å². The minimum absolute atomic E-state index is 0.0329. The Labute approximate surface area is 203 Å². The average Bonchev–Trinajstić information content (AvgIpc) is 3.26. The molecule has 4 rings (SSSR count). The lowest BCUT2D eigenvalue weighted by atomic mass is 10.2. The summed E-state index contributed by atoms with van der Waals surface area (Å²) in [7, 11) is -4.06. The van der Waals surface area contributed by atoms with Crippen LogP contribution in [0.15, 0.2) is 81.2 Å². The van der Waals surface area contributed by atoms with E-state index < -0.39 is 22.5 Å². The van der Waals surface area contributed by atoms with Crippen molar-refractivity contribution in [1.29, 1.82) is 0 Å². The Hall–Kier alpha value is -3.08. The van der Waals surface area contributed by atoms with Gasteiger partial charge in [0.15, 0.2) is 11.5 Å². The molecule has 1 aliphatic heterocycles. The first kappa shape index (κ1) is 23.1. The number of hydrogen-bond donors (Lipinski definition) is 1. The summed E-state index contributed by atoms with van der Waals surface area (Å²) in [6.07, 6.45) is 1.41. The highest BCUT2D eigenvalue weighted by molar-refractivity contribution is 9.10. The van der Waals surface area contributed by atoms with Gasteiger partial charge in [-0.15, -0.1) is 0 Å². The average molecular weight is 551 g/mol. The number of hydrogen-bond acceptors (Lipinski definition) is 6. The number of nitrogens with zero attached hydrogens (tertiary/aromatic N) is 2. The number of benzene rings is 3. The van der Waals surface area contributed by atoms with E-state index in [1.54, 1.807) is 48.5 Å². The lowest BCUT2D eigenvalue weighted by molar-refractivity contribution is -0.119. The van der Waals surface area contributed by atoms with Crippen molar-refractivity contribution in [3.05, 3.63) is 81.8 Å². The first-order chi connectivity index (χ1) is 15.9. The number of halogens is 2. The number of hydrazone groups is 1. The van der Waals surface area contributed by atoms with Gasteiger partial charge in [-0.3, -0.25) is 9.10 Å². The van der Waals surface area contributed by atoms with Gasteiger partial charge in [-0.25, -0.2) is 13.8 Å². The van der Waals surface area contributed by atoms with Crippen molar-refractivity contribution < 1.29 is 22.7 Å². The molecular formula is C22H17BrClN3O5S. The van der Waals surface area contributed by atoms with Gasteiger partial charge in [0.05, 0.1) is 21.8 Å². The molecule has 33 heavy (non-hydrogen) atoms. The lowest BCUT2D eigenvalue weighted by Gasteiger charge is -2.24. The van der Waals surface area contributed by atoms with Crippen LogP contribution in [0.1, 0.15) is 5.56 Å². The molecule has 3 aromatic rings. The monoisotopic (exact) mass is 549 g/mol. The van der Waals surface area contributed by atoms with Gasteiger partial charge in [0.1, 0.15) is 6.54 Å². The molecular weight excluding hydrogens is 534 g/mol. The van der Waals surface area contributed by atoms with Gasteiger partial charge in [0.25, 0.3) is 15.9 Å². The number of anilines is 1. The van der Waals surface area contributed by atoms with E-state index in [4.69, 9.17) is 21.1 Å². The van der Waals surface area contributed by atoms with Crippen LogP contribution in [0.3, 0.4) is 0 Å². The molecule has 0 fully saturated rings. The van der Waals surface area contributed by atoms with Crippen LogP contribution in [0.5, 0.6) is 11.5 Å². The van der Waals surface area contributed by atoms with Crippen molar-refractivity contribution in [1.82, 2.24) is 5.43 Å². The molecule has 0 saturated heterocycles. The zero-order valence-corrected chi connectivity index (χ0v) is 20.1. The summed E-state index contributed by atoms with van der Waals surface area (Å²) in [5.41, 5.74) is 3.18. The van der Waals surface area contributed by atoms with Crippen LogP contribution in [-0.2, 0) is 14.8 Å². The van der Waals surface area contributed by atoms with Crippen LogP contribution in [0.25, 0.3) is 0 Å². The van der Waals surface area contributed by atoms with Crippen molar-refractivity contribution in [2.45, 2.75) is 4.90 Å². The quantitative estimate of drug-likeness (QED) is 0.352. The molecule has 1 heterocycles. The summed E-state index contributed by atoms with van der Waals surface area (Å²) in [4.78, 5) is 12.7. The normalized spacial score (nSPS) is 12.7. The predicted molar refractivity (Wildman–Crippen MR) is 128 cm³/mol. The van der Waals surface area contributed by atoms with Gasteiger partial charge in [0.2, 0.25) is 6.79 Å². The molecule has 0 saturated carbocycles. The Kier molecular flexibility index (Phi) is 6.87. The molecule has 1 amide bonds.